The number of sulfone groups is 1. The van der Waals surface area contributed by atoms with Crippen molar-refractivity contribution in [3.63, 3.8) is 0 Å². The third-order valence-electron chi connectivity index (χ3n) is 4.74. The van der Waals surface area contributed by atoms with E-state index in [0.717, 1.165) is 12.0 Å². The molecule has 0 spiro atoms. The van der Waals surface area contributed by atoms with Gasteiger partial charge in [-0.3, -0.25) is 4.79 Å². The van der Waals surface area contributed by atoms with E-state index < -0.39 is 28.3 Å². The van der Waals surface area contributed by atoms with Gasteiger partial charge in [0.15, 0.2) is 23.1 Å². The number of amides is 1. The van der Waals surface area contributed by atoms with Gasteiger partial charge in [-0.25, -0.2) is 17.9 Å². The Bertz CT molecular complexity index is 1030. The maximum absolute atomic E-state index is 12.2. The van der Waals surface area contributed by atoms with Gasteiger partial charge in [0, 0.05) is 6.07 Å². The SMILES string of the molecule is CCc1ccccc1OCC(=O)OCC(=O)Nc1cc(C)nn1C1CCS(=O)(=O)C1. The van der Waals surface area contributed by atoms with Crippen LogP contribution in [0.2, 0.25) is 0 Å². The summed E-state index contributed by atoms with van der Waals surface area (Å²) in [5.41, 5.74) is 1.62. The lowest BCUT2D eigenvalue weighted by atomic mass is 10.1. The zero-order valence-electron chi connectivity index (χ0n) is 17.0. The van der Waals surface area contributed by atoms with Crippen molar-refractivity contribution in [3.8, 4) is 5.75 Å². The molecule has 30 heavy (non-hydrogen) atoms. The van der Waals surface area contributed by atoms with Gasteiger partial charge in [0.05, 0.1) is 23.2 Å². The van der Waals surface area contributed by atoms with Gasteiger partial charge in [0.2, 0.25) is 0 Å². The summed E-state index contributed by atoms with van der Waals surface area (Å²) in [6, 6.07) is 8.71. The molecule has 9 nitrogen and oxygen atoms in total. The monoisotopic (exact) mass is 435 g/mol. The van der Waals surface area contributed by atoms with E-state index in [9.17, 15) is 18.0 Å². The number of hydrogen-bond acceptors (Lipinski definition) is 7. The van der Waals surface area contributed by atoms with E-state index in [2.05, 4.69) is 10.4 Å². The molecule has 1 unspecified atom stereocenters. The van der Waals surface area contributed by atoms with Crippen molar-refractivity contribution in [3.05, 3.63) is 41.6 Å². The second-order valence-corrected chi connectivity index (χ2v) is 9.36. The average Bonchev–Trinajstić information content (AvgIpc) is 3.26. The minimum atomic E-state index is -3.09. The van der Waals surface area contributed by atoms with Crippen LogP contribution in [0, 0.1) is 6.92 Å². The van der Waals surface area contributed by atoms with Gasteiger partial charge in [-0.15, -0.1) is 0 Å². The van der Waals surface area contributed by atoms with Gasteiger partial charge in [0.1, 0.15) is 11.6 Å². The van der Waals surface area contributed by atoms with Gasteiger partial charge in [-0.05, 0) is 31.4 Å². The molecule has 1 saturated heterocycles. The molecule has 162 valence electrons. The maximum atomic E-state index is 12.2. The van der Waals surface area contributed by atoms with Crippen molar-refractivity contribution in [1.29, 1.82) is 0 Å². The van der Waals surface area contributed by atoms with Crippen molar-refractivity contribution in [2.45, 2.75) is 32.7 Å². The smallest absolute Gasteiger partial charge is 0.344 e. The lowest BCUT2D eigenvalue weighted by molar-refractivity contribution is -0.149. The Morgan fingerprint density at radius 2 is 2.03 bits per heavy atom. The highest BCUT2D eigenvalue weighted by Crippen LogP contribution is 2.27. The molecule has 0 radical (unpaired) electrons. The summed E-state index contributed by atoms with van der Waals surface area (Å²) in [7, 11) is -3.09. The average molecular weight is 436 g/mol. The number of carbonyl (C=O) groups excluding carboxylic acids is 2. The Balaban J connectivity index is 1.51. The van der Waals surface area contributed by atoms with Gasteiger partial charge in [-0.2, -0.15) is 5.10 Å². The highest BCUT2D eigenvalue weighted by molar-refractivity contribution is 7.91. The highest BCUT2D eigenvalue weighted by atomic mass is 32.2. The largest absolute Gasteiger partial charge is 0.482 e. The quantitative estimate of drug-likeness (QED) is 0.627. The number of hydrogen-bond donors (Lipinski definition) is 1. The molecule has 2 heterocycles. The fraction of sp³-hybridized carbons (Fsp3) is 0.450. The molecule has 1 fully saturated rings. The van der Waals surface area contributed by atoms with Crippen molar-refractivity contribution in [2.24, 2.45) is 0 Å². The minimum absolute atomic E-state index is 0.0114. The fourth-order valence-electron chi connectivity index (χ4n) is 3.30. The summed E-state index contributed by atoms with van der Waals surface area (Å²) >= 11 is 0. The third-order valence-corrected chi connectivity index (χ3v) is 6.49. The number of nitrogens with zero attached hydrogens (tertiary/aromatic N) is 2. The maximum Gasteiger partial charge on any atom is 0.344 e. The predicted octanol–water partition coefficient (Wildman–Crippen LogP) is 1.67. The van der Waals surface area contributed by atoms with Crippen molar-refractivity contribution in [1.82, 2.24) is 9.78 Å². The summed E-state index contributed by atoms with van der Waals surface area (Å²) in [6.07, 6.45) is 1.21. The van der Waals surface area contributed by atoms with Crippen molar-refractivity contribution in [2.75, 3.05) is 30.0 Å². The lowest BCUT2D eigenvalue weighted by Gasteiger charge is -2.14. The van der Waals surface area contributed by atoms with E-state index in [1.54, 1.807) is 19.1 Å². The first-order valence-corrected chi connectivity index (χ1v) is 11.5. The van der Waals surface area contributed by atoms with Crippen LogP contribution < -0.4 is 10.1 Å². The number of aromatic nitrogens is 2. The second-order valence-electron chi connectivity index (χ2n) is 7.13. The zero-order valence-corrected chi connectivity index (χ0v) is 17.8. The van der Waals surface area contributed by atoms with E-state index >= 15 is 0 Å². The molecule has 0 aliphatic carbocycles. The molecule has 3 rings (SSSR count). The van der Waals surface area contributed by atoms with Crippen LogP contribution in [0.15, 0.2) is 30.3 Å². The molecular weight excluding hydrogens is 410 g/mol. The van der Waals surface area contributed by atoms with Crippen LogP contribution in [-0.4, -0.2) is 54.8 Å². The van der Waals surface area contributed by atoms with Crippen LogP contribution in [0.4, 0.5) is 5.82 Å². The van der Waals surface area contributed by atoms with Crippen LogP contribution in [-0.2, 0) is 30.6 Å². The van der Waals surface area contributed by atoms with Crippen LogP contribution >= 0.6 is 0 Å². The molecule has 1 aromatic carbocycles. The van der Waals surface area contributed by atoms with Gasteiger partial charge in [-0.1, -0.05) is 25.1 Å². The third kappa shape index (κ3) is 5.59. The summed E-state index contributed by atoms with van der Waals surface area (Å²) in [5, 5.41) is 6.93. The molecule has 1 aliphatic rings. The first-order valence-electron chi connectivity index (χ1n) is 9.70. The van der Waals surface area contributed by atoms with Crippen LogP contribution in [0.25, 0.3) is 0 Å². The number of ether oxygens (including phenoxy) is 2. The number of rotatable bonds is 8. The standard InChI is InChI=1S/C20H25N3O6S/c1-3-15-6-4-5-7-17(15)28-12-20(25)29-11-19(24)21-18-10-14(2)22-23(18)16-8-9-30(26,27)13-16/h4-7,10,16H,3,8-9,11-13H2,1-2H3,(H,21,24). The Kier molecular flexibility index (Phi) is 6.76. The number of aryl methyl sites for hydroxylation is 2. The molecule has 0 bridgehead atoms. The molecule has 1 atom stereocenters. The van der Waals surface area contributed by atoms with Gasteiger partial charge < -0.3 is 14.8 Å². The normalized spacial score (nSPS) is 17.5. The van der Waals surface area contributed by atoms with Crippen molar-refractivity contribution < 1.29 is 27.5 Å². The Morgan fingerprint density at radius 3 is 2.73 bits per heavy atom. The predicted molar refractivity (Wildman–Crippen MR) is 110 cm³/mol. The molecule has 1 amide bonds. The van der Waals surface area contributed by atoms with Crippen molar-refractivity contribution >= 4 is 27.5 Å². The molecule has 0 saturated carbocycles. The highest BCUT2D eigenvalue weighted by Gasteiger charge is 2.31. The molecule has 1 aromatic heterocycles. The van der Waals surface area contributed by atoms with E-state index in [-0.39, 0.29) is 24.2 Å². The Morgan fingerprint density at radius 1 is 1.27 bits per heavy atom. The van der Waals surface area contributed by atoms with Gasteiger partial charge in [0.25, 0.3) is 5.91 Å². The topological polar surface area (TPSA) is 117 Å². The Labute approximate surface area is 175 Å². The summed E-state index contributed by atoms with van der Waals surface area (Å²) in [4.78, 5) is 24.1. The van der Waals surface area contributed by atoms with Crippen LogP contribution in [0.3, 0.4) is 0 Å². The molecule has 10 heteroatoms. The number of benzene rings is 1. The number of anilines is 1. The second kappa shape index (κ2) is 9.29. The van der Waals surface area contributed by atoms with E-state index in [1.165, 1.54) is 4.68 Å². The molecular formula is C20H25N3O6S. The summed E-state index contributed by atoms with van der Waals surface area (Å²) in [6.45, 7) is 2.95. The summed E-state index contributed by atoms with van der Waals surface area (Å²) in [5.74, 6) is -0.135. The van der Waals surface area contributed by atoms with Gasteiger partial charge >= 0.3 is 5.97 Å². The Hall–Kier alpha value is -2.88. The molecule has 1 N–H and O–H groups in total. The molecule has 2 aromatic rings. The number of para-hydroxylation sites is 1. The summed E-state index contributed by atoms with van der Waals surface area (Å²) < 4.78 is 35.4. The van der Waals surface area contributed by atoms with E-state index in [0.29, 0.717) is 23.7 Å². The number of carbonyl (C=O) groups is 2. The minimum Gasteiger partial charge on any atom is -0.482 e. The lowest BCUT2D eigenvalue weighted by Crippen LogP contribution is -2.25. The first-order chi connectivity index (χ1) is 14.3. The zero-order chi connectivity index (χ0) is 21.7. The van der Waals surface area contributed by atoms with Crippen LogP contribution in [0.1, 0.15) is 30.6 Å². The fourth-order valence-corrected chi connectivity index (χ4v) is 4.99. The number of nitrogens with one attached hydrogen (secondary N) is 1. The number of esters is 1. The molecule has 1 aliphatic heterocycles. The van der Waals surface area contributed by atoms with E-state index in [1.807, 2.05) is 25.1 Å². The first kappa shape index (κ1) is 21.8. The van der Waals surface area contributed by atoms with Crippen LogP contribution in [0.5, 0.6) is 5.75 Å². The van der Waals surface area contributed by atoms with E-state index in [4.69, 9.17) is 9.47 Å².